The molecule has 1 heterocycles. The van der Waals surface area contributed by atoms with Crippen molar-refractivity contribution in [1.82, 2.24) is 5.32 Å². The first-order chi connectivity index (χ1) is 13.5. The number of hydrogen-bond donors (Lipinski definition) is 2. The first-order valence-electron chi connectivity index (χ1n) is 9.45. The maximum Gasteiger partial charge on any atom is 0.251 e. The van der Waals surface area contributed by atoms with Gasteiger partial charge < -0.3 is 15.5 Å². The minimum atomic E-state index is -0.130. The van der Waals surface area contributed by atoms with E-state index in [9.17, 15) is 9.59 Å². The molecule has 6 nitrogen and oxygen atoms in total. The molecule has 0 aromatic heterocycles. The predicted octanol–water partition coefficient (Wildman–Crippen LogP) is 3.09. The van der Waals surface area contributed by atoms with E-state index in [0.29, 0.717) is 16.8 Å². The highest BCUT2D eigenvalue weighted by atomic mass is 16.2. The zero-order chi connectivity index (χ0) is 20.1. The number of anilines is 2. The highest BCUT2D eigenvalue weighted by molar-refractivity contribution is 5.98. The van der Waals surface area contributed by atoms with Gasteiger partial charge in [-0.1, -0.05) is 6.07 Å². The fourth-order valence-electron chi connectivity index (χ4n) is 3.42. The lowest BCUT2D eigenvalue weighted by atomic mass is 9.95. The summed E-state index contributed by atoms with van der Waals surface area (Å²) in [6.07, 6.45) is 1.72. The summed E-state index contributed by atoms with van der Waals surface area (Å²) in [7, 11) is 0. The van der Waals surface area contributed by atoms with E-state index in [1.54, 1.807) is 24.3 Å². The van der Waals surface area contributed by atoms with Gasteiger partial charge in [0.1, 0.15) is 0 Å². The summed E-state index contributed by atoms with van der Waals surface area (Å²) in [4.78, 5) is 27.0. The third-order valence-corrected chi connectivity index (χ3v) is 4.64. The Morgan fingerprint density at radius 3 is 2.61 bits per heavy atom. The molecule has 0 saturated carbocycles. The van der Waals surface area contributed by atoms with Gasteiger partial charge in [0.2, 0.25) is 5.91 Å². The van der Waals surface area contributed by atoms with Crippen LogP contribution in [0.5, 0.6) is 0 Å². The average Bonchev–Trinajstić information content (AvgIpc) is 2.68. The second-order valence-electron chi connectivity index (χ2n) is 7.19. The Morgan fingerprint density at radius 2 is 1.93 bits per heavy atom. The van der Waals surface area contributed by atoms with Gasteiger partial charge in [-0.05, 0) is 68.7 Å². The molecule has 0 saturated heterocycles. The minimum Gasteiger partial charge on any atom is -0.362 e. The summed E-state index contributed by atoms with van der Waals surface area (Å²) in [5.41, 5.74) is 3.83. The van der Waals surface area contributed by atoms with E-state index in [1.165, 1.54) is 0 Å². The molecular weight excluding hydrogens is 352 g/mol. The number of benzene rings is 2. The van der Waals surface area contributed by atoms with Crippen molar-refractivity contribution in [3.63, 3.8) is 0 Å². The Bertz CT molecular complexity index is 913. The van der Waals surface area contributed by atoms with E-state index in [0.717, 1.165) is 30.6 Å². The van der Waals surface area contributed by atoms with E-state index >= 15 is 0 Å². The van der Waals surface area contributed by atoms with Crippen LogP contribution in [0.1, 0.15) is 41.8 Å². The maximum atomic E-state index is 12.5. The van der Waals surface area contributed by atoms with Crippen molar-refractivity contribution in [2.75, 3.05) is 23.3 Å². The highest BCUT2D eigenvalue weighted by Gasteiger charge is 2.23. The number of nitrogens with zero attached hydrogens (tertiary/aromatic N) is 2. The van der Waals surface area contributed by atoms with Crippen molar-refractivity contribution in [2.45, 2.75) is 32.7 Å². The molecule has 0 fully saturated rings. The normalized spacial score (nSPS) is 12.9. The van der Waals surface area contributed by atoms with Crippen LogP contribution in [0.2, 0.25) is 0 Å². The van der Waals surface area contributed by atoms with Crippen molar-refractivity contribution in [2.24, 2.45) is 0 Å². The molecular formula is C22H24N4O2. The van der Waals surface area contributed by atoms with Crippen LogP contribution in [0, 0.1) is 11.3 Å². The van der Waals surface area contributed by atoms with Gasteiger partial charge in [0, 0.05) is 29.5 Å². The third kappa shape index (κ3) is 4.49. The van der Waals surface area contributed by atoms with Gasteiger partial charge >= 0.3 is 0 Å². The fourth-order valence-corrected chi connectivity index (χ4v) is 3.42. The molecule has 0 spiro atoms. The number of hydrogen-bond acceptors (Lipinski definition) is 4. The Hall–Kier alpha value is -3.33. The van der Waals surface area contributed by atoms with Crippen LogP contribution in [-0.2, 0) is 11.2 Å². The van der Waals surface area contributed by atoms with Crippen LogP contribution in [0.4, 0.5) is 11.4 Å². The van der Waals surface area contributed by atoms with Crippen molar-refractivity contribution in [1.29, 1.82) is 5.26 Å². The molecule has 1 aliphatic rings. The Morgan fingerprint density at radius 1 is 1.18 bits per heavy atom. The van der Waals surface area contributed by atoms with E-state index < -0.39 is 0 Å². The Kier molecular flexibility index (Phi) is 5.95. The van der Waals surface area contributed by atoms with Crippen LogP contribution in [-0.4, -0.2) is 30.9 Å². The minimum absolute atomic E-state index is 0.0706. The van der Waals surface area contributed by atoms with Crippen LogP contribution in [0.3, 0.4) is 0 Å². The summed E-state index contributed by atoms with van der Waals surface area (Å²) in [6.45, 7) is 4.85. The third-order valence-electron chi connectivity index (χ3n) is 4.64. The SMILES string of the molecule is CC(C)NC(=O)c1cccc2c1CCCN2CC(=O)Nc1ccc(C#N)cc1. The number of fused-ring (bicyclic) bond motifs is 1. The quantitative estimate of drug-likeness (QED) is 0.840. The molecule has 6 heteroatoms. The molecule has 3 rings (SSSR count). The zero-order valence-corrected chi connectivity index (χ0v) is 16.2. The van der Waals surface area contributed by atoms with E-state index in [-0.39, 0.29) is 24.4 Å². The molecule has 0 bridgehead atoms. The molecule has 2 N–H and O–H groups in total. The smallest absolute Gasteiger partial charge is 0.251 e. The molecule has 28 heavy (non-hydrogen) atoms. The summed E-state index contributed by atoms with van der Waals surface area (Å²) >= 11 is 0. The van der Waals surface area contributed by atoms with Gasteiger partial charge in [-0.3, -0.25) is 9.59 Å². The standard InChI is InChI=1S/C22H24N4O2/c1-15(2)24-22(28)19-5-3-7-20-18(19)6-4-12-26(20)14-21(27)25-17-10-8-16(13-23)9-11-17/h3,5,7-11,15H,4,6,12,14H2,1-2H3,(H,24,28)(H,25,27). The second-order valence-corrected chi connectivity index (χ2v) is 7.19. The lowest BCUT2D eigenvalue weighted by molar-refractivity contribution is -0.115. The van der Waals surface area contributed by atoms with E-state index in [1.807, 2.05) is 36.9 Å². The number of amides is 2. The largest absolute Gasteiger partial charge is 0.362 e. The van der Waals surface area contributed by atoms with E-state index in [4.69, 9.17) is 5.26 Å². The zero-order valence-electron chi connectivity index (χ0n) is 16.2. The fraction of sp³-hybridized carbons (Fsp3) is 0.318. The van der Waals surface area contributed by atoms with Crippen molar-refractivity contribution >= 4 is 23.2 Å². The van der Waals surface area contributed by atoms with Gasteiger partial charge in [0.05, 0.1) is 18.2 Å². The highest BCUT2D eigenvalue weighted by Crippen LogP contribution is 2.30. The molecule has 2 amide bonds. The summed E-state index contributed by atoms with van der Waals surface area (Å²) in [6, 6.07) is 14.6. The first-order valence-corrected chi connectivity index (χ1v) is 9.45. The number of rotatable bonds is 5. The average molecular weight is 376 g/mol. The molecule has 0 radical (unpaired) electrons. The molecule has 2 aromatic rings. The van der Waals surface area contributed by atoms with Crippen molar-refractivity contribution < 1.29 is 9.59 Å². The number of carbonyl (C=O) groups excluding carboxylic acids is 2. The molecule has 2 aromatic carbocycles. The van der Waals surface area contributed by atoms with Gasteiger partial charge in [0.15, 0.2) is 0 Å². The lowest BCUT2D eigenvalue weighted by Gasteiger charge is -2.32. The van der Waals surface area contributed by atoms with Crippen molar-refractivity contribution in [3.8, 4) is 6.07 Å². The monoisotopic (exact) mass is 376 g/mol. The Balaban J connectivity index is 1.74. The maximum absolute atomic E-state index is 12.5. The molecule has 0 aliphatic carbocycles. The van der Waals surface area contributed by atoms with Gasteiger partial charge in [-0.25, -0.2) is 0 Å². The number of nitrogens with one attached hydrogen (secondary N) is 2. The molecule has 144 valence electrons. The Labute approximate surface area is 165 Å². The van der Waals surface area contributed by atoms with Crippen LogP contribution >= 0.6 is 0 Å². The molecule has 1 aliphatic heterocycles. The first kappa shape index (κ1) is 19.4. The molecule has 0 unspecified atom stereocenters. The van der Waals surface area contributed by atoms with Crippen LogP contribution in [0.25, 0.3) is 0 Å². The summed E-state index contributed by atoms with van der Waals surface area (Å²) < 4.78 is 0. The number of carbonyl (C=O) groups is 2. The lowest BCUT2D eigenvalue weighted by Crippen LogP contribution is -2.38. The number of nitriles is 1. The van der Waals surface area contributed by atoms with Gasteiger partial charge in [0.25, 0.3) is 5.91 Å². The summed E-state index contributed by atoms with van der Waals surface area (Å²) in [5.74, 6) is -0.203. The van der Waals surface area contributed by atoms with Crippen LogP contribution < -0.4 is 15.5 Å². The molecule has 0 atom stereocenters. The van der Waals surface area contributed by atoms with Gasteiger partial charge in [-0.2, -0.15) is 5.26 Å². The summed E-state index contributed by atoms with van der Waals surface area (Å²) in [5, 5.41) is 14.7. The van der Waals surface area contributed by atoms with Crippen LogP contribution in [0.15, 0.2) is 42.5 Å². The van der Waals surface area contributed by atoms with Gasteiger partial charge in [-0.15, -0.1) is 0 Å². The second kappa shape index (κ2) is 8.57. The van der Waals surface area contributed by atoms with E-state index in [2.05, 4.69) is 16.7 Å². The topological polar surface area (TPSA) is 85.2 Å². The van der Waals surface area contributed by atoms with Crippen molar-refractivity contribution in [3.05, 3.63) is 59.2 Å². The predicted molar refractivity (Wildman–Crippen MR) is 109 cm³/mol.